The average molecular weight is 810 g/mol. The number of para-hydroxylation sites is 1. The van der Waals surface area contributed by atoms with Crippen LogP contribution >= 0.6 is 0 Å². The molecule has 0 amide bonds. The van der Waals surface area contributed by atoms with E-state index in [0.29, 0.717) is 17.5 Å². The molecule has 2 heterocycles. The third-order valence-corrected chi connectivity index (χ3v) is 11.3. The zero-order valence-electron chi connectivity index (χ0n) is 34.9. The Hall–Kier alpha value is -8.41. The number of hydrogen-bond donors (Lipinski definition) is 0. The summed E-state index contributed by atoms with van der Waals surface area (Å²) in [5.74, 6) is 1.84. The molecule has 0 aliphatic carbocycles. The van der Waals surface area contributed by atoms with Crippen molar-refractivity contribution in [3.8, 4) is 51.0 Å². The molecule has 0 unspecified atom stereocenters. The fourth-order valence-electron chi connectivity index (χ4n) is 8.46. The highest BCUT2D eigenvalue weighted by Gasteiger charge is 2.25. The molecule has 10 rings (SSSR count). The molecule has 0 spiro atoms. The van der Waals surface area contributed by atoms with Gasteiger partial charge in [-0.05, 0) is 83.8 Å². The minimum Gasteiger partial charge on any atom is -0.310 e. The van der Waals surface area contributed by atoms with Crippen molar-refractivity contribution >= 4 is 44.4 Å². The van der Waals surface area contributed by atoms with Gasteiger partial charge in [-0.1, -0.05) is 183 Å². The molecule has 0 N–H and O–H groups in total. The van der Waals surface area contributed by atoms with E-state index >= 15 is 0 Å². The molecule has 0 saturated carbocycles. The molecule has 300 valence electrons. The zero-order valence-corrected chi connectivity index (χ0v) is 34.9. The lowest BCUT2D eigenvalue weighted by molar-refractivity contribution is 1.08. The second kappa shape index (κ2) is 17.3. The number of allylic oxidation sites excluding steroid dienone is 5. The first kappa shape index (κ1) is 38.8. The maximum Gasteiger partial charge on any atom is 0.164 e. The first-order valence-corrected chi connectivity index (χ1v) is 21.2. The van der Waals surface area contributed by atoms with Gasteiger partial charge in [-0.3, -0.25) is 0 Å². The summed E-state index contributed by atoms with van der Waals surface area (Å²) in [7, 11) is 0. The van der Waals surface area contributed by atoms with Gasteiger partial charge in [0.15, 0.2) is 17.5 Å². The molecule has 8 aromatic carbocycles. The van der Waals surface area contributed by atoms with E-state index in [-0.39, 0.29) is 0 Å². The minimum absolute atomic E-state index is 0.601. The van der Waals surface area contributed by atoms with Gasteiger partial charge in [0.25, 0.3) is 0 Å². The monoisotopic (exact) mass is 809 g/mol. The Bertz CT molecular complexity index is 3200. The van der Waals surface area contributed by atoms with Crippen molar-refractivity contribution in [2.24, 2.45) is 0 Å². The predicted molar refractivity (Wildman–Crippen MR) is 264 cm³/mol. The van der Waals surface area contributed by atoms with Crippen molar-refractivity contribution < 1.29 is 0 Å². The first-order chi connectivity index (χ1) is 31.2. The summed E-state index contributed by atoms with van der Waals surface area (Å²) < 4.78 is 2.36. The summed E-state index contributed by atoms with van der Waals surface area (Å²) in [6.07, 6.45) is 8.06. The summed E-state index contributed by atoms with van der Waals surface area (Å²) in [5, 5.41) is 2.12. The van der Waals surface area contributed by atoms with Crippen molar-refractivity contribution in [1.82, 2.24) is 19.5 Å². The summed E-state index contributed by atoms with van der Waals surface area (Å²) in [4.78, 5) is 17.9. The van der Waals surface area contributed by atoms with E-state index in [1.165, 1.54) is 5.56 Å². The van der Waals surface area contributed by atoms with Crippen molar-refractivity contribution in [3.05, 3.63) is 243 Å². The van der Waals surface area contributed by atoms with Crippen molar-refractivity contribution in [2.75, 3.05) is 4.90 Å². The molecule has 0 radical (unpaired) electrons. The SMILES string of the molecule is C=C/C=C(\C=C/C)c1ccc(N(c2ccc(-c3ccccc3)cc2)c2cccc3c2c2c(-c4nc(-c5ccccc5)nc(-c5ccccc5)n4)cccc2n3-c2ccccc2)cc1. The Labute approximate surface area is 368 Å². The molecule has 10 aromatic rings. The van der Waals surface area contributed by atoms with Crippen LogP contribution in [0.1, 0.15) is 12.5 Å². The van der Waals surface area contributed by atoms with Crippen LogP contribution in [0.25, 0.3) is 78.4 Å². The number of nitrogens with zero attached hydrogens (tertiary/aromatic N) is 5. The Morgan fingerprint density at radius 3 is 1.54 bits per heavy atom. The van der Waals surface area contributed by atoms with Gasteiger partial charge in [0.2, 0.25) is 0 Å². The predicted octanol–water partition coefficient (Wildman–Crippen LogP) is 15.3. The van der Waals surface area contributed by atoms with E-state index in [2.05, 4.69) is 198 Å². The van der Waals surface area contributed by atoms with Gasteiger partial charge >= 0.3 is 0 Å². The van der Waals surface area contributed by atoms with Crippen LogP contribution in [0.15, 0.2) is 237 Å². The minimum atomic E-state index is 0.601. The van der Waals surface area contributed by atoms with E-state index in [4.69, 9.17) is 15.0 Å². The number of fused-ring (bicyclic) bond motifs is 3. The highest BCUT2D eigenvalue weighted by Crippen LogP contribution is 2.47. The van der Waals surface area contributed by atoms with Crippen LogP contribution in [0, 0.1) is 0 Å². The molecule has 5 heteroatoms. The standard InChI is InChI=1S/C58H43N5/c1-3-19-41(20-4-2)43-33-37-48(38-34-43)62(49-39-35-44(36-40-49)42-21-9-5-10-22-42)52-31-18-32-53-55(52)54-50(29-17-30-51(54)63(53)47-27-15-8-16-28-47)58-60-56(45-23-11-6-12-24-45)59-57(61-58)46-25-13-7-14-26-46/h3-40H,1H2,2H3/b20-4-,41-19+. The van der Waals surface area contributed by atoms with Gasteiger partial charge in [0, 0.05) is 44.5 Å². The molecule has 0 bridgehead atoms. The lowest BCUT2D eigenvalue weighted by Gasteiger charge is -2.27. The lowest BCUT2D eigenvalue weighted by atomic mass is 10.0. The van der Waals surface area contributed by atoms with Crippen LogP contribution in [0.2, 0.25) is 0 Å². The third-order valence-electron chi connectivity index (χ3n) is 11.3. The van der Waals surface area contributed by atoms with Crippen molar-refractivity contribution in [1.29, 1.82) is 0 Å². The number of benzene rings is 8. The van der Waals surface area contributed by atoms with Crippen LogP contribution < -0.4 is 4.90 Å². The highest BCUT2D eigenvalue weighted by molar-refractivity contribution is 6.21. The van der Waals surface area contributed by atoms with Gasteiger partial charge < -0.3 is 9.47 Å². The second-order valence-electron chi connectivity index (χ2n) is 15.2. The summed E-state index contributed by atoms with van der Waals surface area (Å²) in [6, 6.07) is 72.1. The quantitative estimate of drug-likeness (QED) is 0.122. The molecule has 0 aliphatic heterocycles. The van der Waals surface area contributed by atoms with Gasteiger partial charge in [0.05, 0.1) is 16.7 Å². The normalized spacial score (nSPS) is 11.7. The van der Waals surface area contributed by atoms with E-state index in [9.17, 15) is 0 Å². The van der Waals surface area contributed by atoms with Gasteiger partial charge in [0.1, 0.15) is 0 Å². The molecular formula is C58H43N5. The van der Waals surface area contributed by atoms with Crippen molar-refractivity contribution in [2.45, 2.75) is 6.92 Å². The van der Waals surface area contributed by atoms with Gasteiger partial charge in [-0.25, -0.2) is 15.0 Å². The fourth-order valence-corrected chi connectivity index (χ4v) is 8.46. The maximum atomic E-state index is 5.26. The van der Waals surface area contributed by atoms with E-state index < -0.39 is 0 Å². The molecule has 0 atom stereocenters. The molecule has 5 nitrogen and oxygen atoms in total. The molecule has 0 fully saturated rings. The summed E-state index contributed by atoms with van der Waals surface area (Å²) >= 11 is 0. The first-order valence-electron chi connectivity index (χ1n) is 21.2. The number of rotatable bonds is 11. The summed E-state index contributed by atoms with van der Waals surface area (Å²) in [6.45, 7) is 6.01. The zero-order chi connectivity index (χ0) is 42.5. The van der Waals surface area contributed by atoms with Crippen molar-refractivity contribution in [3.63, 3.8) is 0 Å². The van der Waals surface area contributed by atoms with Crippen LogP contribution in [0.4, 0.5) is 17.1 Å². The molecule has 0 aliphatic rings. The number of hydrogen-bond acceptors (Lipinski definition) is 4. The Morgan fingerprint density at radius 2 is 0.968 bits per heavy atom. The maximum absolute atomic E-state index is 5.26. The molecular weight excluding hydrogens is 767 g/mol. The molecule has 0 saturated heterocycles. The van der Waals surface area contributed by atoms with Gasteiger partial charge in [-0.2, -0.15) is 0 Å². The highest BCUT2D eigenvalue weighted by atomic mass is 15.1. The van der Waals surface area contributed by atoms with Crippen LogP contribution in [0.3, 0.4) is 0 Å². The van der Waals surface area contributed by atoms with E-state index in [1.54, 1.807) is 0 Å². The second-order valence-corrected chi connectivity index (χ2v) is 15.2. The topological polar surface area (TPSA) is 46.8 Å². The largest absolute Gasteiger partial charge is 0.310 e. The van der Waals surface area contributed by atoms with Crippen LogP contribution in [0.5, 0.6) is 0 Å². The smallest absolute Gasteiger partial charge is 0.164 e. The van der Waals surface area contributed by atoms with E-state index in [0.717, 1.165) is 77.9 Å². The number of anilines is 3. The molecule has 2 aromatic heterocycles. The van der Waals surface area contributed by atoms with E-state index in [1.807, 2.05) is 55.5 Å². The Balaban J connectivity index is 1.27. The fraction of sp³-hybridized carbons (Fsp3) is 0.0172. The van der Waals surface area contributed by atoms with Crippen LogP contribution in [-0.2, 0) is 0 Å². The Morgan fingerprint density at radius 1 is 0.476 bits per heavy atom. The van der Waals surface area contributed by atoms with Crippen LogP contribution in [-0.4, -0.2) is 19.5 Å². The average Bonchev–Trinajstić information content (AvgIpc) is 3.71. The number of aromatic nitrogens is 4. The lowest BCUT2D eigenvalue weighted by Crippen LogP contribution is -2.10. The Kier molecular flexibility index (Phi) is 10.6. The third kappa shape index (κ3) is 7.53. The molecule has 63 heavy (non-hydrogen) atoms. The van der Waals surface area contributed by atoms with Gasteiger partial charge in [-0.15, -0.1) is 0 Å². The summed E-state index contributed by atoms with van der Waals surface area (Å²) in [5.41, 5.74) is 13.5.